The van der Waals surface area contributed by atoms with Crippen molar-refractivity contribution in [1.29, 1.82) is 0 Å². The number of rotatable bonds is 5. The van der Waals surface area contributed by atoms with Crippen LogP contribution in [0, 0.1) is 17.5 Å². The number of halogens is 3. The number of nitrogens with one attached hydrogen (secondary N) is 3. The number of amides is 1. The first-order valence-electron chi connectivity index (χ1n) is 10.9. The van der Waals surface area contributed by atoms with Gasteiger partial charge in [-0.15, -0.1) is 0 Å². The molecule has 2 unspecified atom stereocenters. The third-order valence-electron chi connectivity index (χ3n) is 6.19. The van der Waals surface area contributed by atoms with E-state index in [9.17, 15) is 18.0 Å². The van der Waals surface area contributed by atoms with E-state index in [1.54, 1.807) is 0 Å². The molecule has 0 radical (unpaired) electrons. The highest BCUT2D eigenvalue weighted by molar-refractivity contribution is 5.99. The van der Waals surface area contributed by atoms with Gasteiger partial charge in [0.1, 0.15) is 0 Å². The average molecular weight is 432 g/mol. The van der Waals surface area contributed by atoms with Gasteiger partial charge in [-0.2, -0.15) is 0 Å². The van der Waals surface area contributed by atoms with Crippen LogP contribution in [0.15, 0.2) is 18.2 Å². The summed E-state index contributed by atoms with van der Waals surface area (Å²) in [6, 6.07) is 5.04. The topological polar surface area (TPSA) is 53.2 Å². The van der Waals surface area contributed by atoms with Gasteiger partial charge in [-0.1, -0.05) is 19.4 Å². The molecule has 0 fully saturated rings. The van der Waals surface area contributed by atoms with Gasteiger partial charge in [0, 0.05) is 35.8 Å². The van der Waals surface area contributed by atoms with Crippen molar-refractivity contribution in [2.24, 2.45) is 0 Å². The van der Waals surface area contributed by atoms with Gasteiger partial charge < -0.3 is 16.0 Å². The number of hydrogen-bond acceptors (Lipinski definition) is 3. The molecule has 2 aromatic rings. The largest absolute Gasteiger partial charge is 0.382 e. The number of hydrogen-bond donors (Lipinski definition) is 3. The Morgan fingerprint density at radius 1 is 1.23 bits per heavy atom. The summed E-state index contributed by atoms with van der Waals surface area (Å²) < 4.78 is 41.7. The van der Waals surface area contributed by atoms with Crippen LogP contribution in [0.25, 0.3) is 0 Å². The third-order valence-corrected chi connectivity index (χ3v) is 6.19. The van der Waals surface area contributed by atoms with Crippen LogP contribution in [0.2, 0.25) is 0 Å². The Balaban J connectivity index is 1.66. The Morgan fingerprint density at radius 2 is 2.00 bits per heavy atom. The van der Waals surface area contributed by atoms with Crippen LogP contribution in [0.1, 0.15) is 66.6 Å². The second kappa shape index (κ2) is 8.44. The number of fused-ring (bicyclic) bond motifs is 2. The molecule has 2 aliphatic rings. The first-order chi connectivity index (χ1) is 14.8. The van der Waals surface area contributed by atoms with Gasteiger partial charge in [0.05, 0.1) is 5.69 Å². The van der Waals surface area contributed by atoms with E-state index in [1.165, 1.54) is 0 Å². The summed E-state index contributed by atoms with van der Waals surface area (Å²) in [6.45, 7) is 6.36. The van der Waals surface area contributed by atoms with Gasteiger partial charge in [0.2, 0.25) is 0 Å². The molecule has 0 bridgehead atoms. The van der Waals surface area contributed by atoms with Crippen LogP contribution in [0.4, 0.5) is 24.5 Å². The maximum atomic E-state index is 14.2. The summed E-state index contributed by atoms with van der Waals surface area (Å²) in [5.74, 6) is -4.04. The smallest absolute Gasteiger partial charge is 0.252 e. The minimum Gasteiger partial charge on any atom is -0.382 e. The minimum absolute atomic E-state index is 0.0355. The van der Waals surface area contributed by atoms with E-state index < -0.39 is 17.5 Å². The fourth-order valence-corrected chi connectivity index (χ4v) is 4.83. The van der Waals surface area contributed by atoms with Crippen molar-refractivity contribution in [1.82, 2.24) is 5.32 Å². The maximum absolute atomic E-state index is 14.2. The third kappa shape index (κ3) is 3.86. The molecule has 166 valence electrons. The Hall–Kier alpha value is -2.70. The standard InChI is InChI=1S/C24H28F3N3O/c1-4-5-13-6-8-18-14(20(13)24(31)29-12(2)3)7-9-19(30-18)16-11-28-23-15(16)10-17(25)21(26)22(23)27/h6,8,10,12,16,19,28,30H,4-5,7,9,11H2,1-3H3,(H,29,31). The van der Waals surface area contributed by atoms with E-state index in [0.717, 1.165) is 41.3 Å². The van der Waals surface area contributed by atoms with Crippen LogP contribution in [0.5, 0.6) is 0 Å². The Kier molecular flexibility index (Phi) is 5.86. The zero-order valence-corrected chi connectivity index (χ0v) is 18.0. The number of carbonyl (C=O) groups excluding carboxylic acids is 1. The van der Waals surface area contributed by atoms with Crippen molar-refractivity contribution < 1.29 is 18.0 Å². The van der Waals surface area contributed by atoms with Crippen LogP contribution < -0.4 is 16.0 Å². The Morgan fingerprint density at radius 3 is 2.71 bits per heavy atom. The molecule has 2 atom stereocenters. The molecular weight excluding hydrogens is 403 g/mol. The van der Waals surface area contributed by atoms with Crippen molar-refractivity contribution in [2.45, 2.75) is 64.5 Å². The number of aryl methyl sites for hydroxylation is 1. The minimum atomic E-state index is -1.45. The fourth-order valence-electron chi connectivity index (χ4n) is 4.83. The van der Waals surface area contributed by atoms with Crippen LogP contribution >= 0.6 is 0 Å². The molecule has 0 aromatic heterocycles. The van der Waals surface area contributed by atoms with E-state index in [-0.39, 0.29) is 29.6 Å². The van der Waals surface area contributed by atoms with E-state index in [2.05, 4.69) is 22.9 Å². The van der Waals surface area contributed by atoms with E-state index in [4.69, 9.17) is 0 Å². The lowest BCUT2D eigenvalue weighted by molar-refractivity contribution is 0.0941. The first kappa shape index (κ1) is 21.5. The molecule has 7 heteroatoms. The van der Waals surface area contributed by atoms with E-state index in [1.807, 2.05) is 26.0 Å². The summed E-state index contributed by atoms with van der Waals surface area (Å²) in [6.07, 6.45) is 3.15. The zero-order chi connectivity index (χ0) is 22.3. The van der Waals surface area contributed by atoms with Gasteiger partial charge in [-0.3, -0.25) is 4.79 Å². The predicted octanol–water partition coefficient (Wildman–Crippen LogP) is 5.13. The second-order valence-electron chi connectivity index (χ2n) is 8.73. The number of carbonyl (C=O) groups is 1. The normalized spacial score (nSPS) is 19.5. The van der Waals surface area contributed by atoms with Crippen molar-refractivity contribution in [3.05, 3.63) is 57.9 Å². The van der Waals surface area contributed by atoms with Gasteiger partial charge >= 0.3 is 0 Å². The highest BCUT2D eigenvalue weighted by atomic mass is 19.2. The van der Waals surface area contributed by atoms with Crippen molar-refractivity contribution in [3.8, 4) is 0 Å². The molecule has 0 saturated carbocycles. The molecule has 4 rings (SSSR count). The molecule has 31 heavy (non-hydrogen) atoms. The molecule has 3 N–H and O–H groups in total. The van der Waals surface area contributed by atoms with Crippen molar-refractivity contribution in [3.63, 3.8) is 0 Å². The lowest BCUT2D eigenvalue weighted by Gasteiger charge is -2.33. The Labute approximate surface area is 180 Å². The first-order valence-corrected chi connectivity index (χ1v) is 10.9. The molecular formula is C24H28F3N3O. The molecule has 0 spiro atoms. The number of benzene rings is 2. The summed E-state index contributed by atoms with van der Waals surface area (Å²) in [5.41, 5.74) is 4.14. The monoisotopic (exact) mass is 431 g/mol. The van der Waals surface area contributed by atoms with Gasteiger partial charge in [-0.25, -0.2) is 13.2 Å². The fraction of sp³-hybridized carbons (Fsp3) is 0.458. The van der Waals surface area contributed by atoms with Crippen molar-refractivity contribution >= 4 is 17.3 Å². The van der Waals surface area contributed by atoms with Crippen molar-refractivity contribution in [2.75, 3.05) is 17.2 Å². The Bertz CT molecular complexity index is 1020. The predicted molar refractivity (Wildman–Crippen MR) is 116 cm³/mol. The highest BCUT2D eigenvalue weighted by Gasteiger charge is 2.36. The second-order valence-corrected chi connectivity index (χ2v) is 8.73. The maximum Gasteiger partial charge on any atom is 0.252 e. The van der Waals surface area contributed by atoms with Crippen LogP contribution in [0.3, 0.4) is 0 Å². The SMILES string of the molecule is CCCc1ccc2c(c1C(=O)NC(C)C)CCC(C1CNc3c1cc(F)c(F)c3F)N2. The molecule has 4 nitrogen and oxygen atoms in total. The molecule has 0 aliphatic carbocycles. The molecule has 1 amide bonds. The average Bonchev–Trinajstić information content (AvgIpc) is 3.15. The number of anilines is 2. The summed E-state index contributed by atoms with van der Waals surface area (Å²) >= 11 is 0. The lowest BCUT2D eigenvalue weighted by Crippen LogP contribution is -2.36. The van der Waals surface area contributed by atoms with Crippen LogP contribution in [-0.4, -0.2) is 24.5 Å². The molecule has 2 heterocycles. The summed E-state index contributed by atoms with van der Waals surface area (Å²) in [4.78, 5) is 13.0. The molecule has 2 aliphatic heterocycles. The van der Waals surface area contributed by atoms with Gasteiger partial charge in [0.25, 0.3) is 5.91 Å². The van der Waals surface area contributed by atoms with E-state index in [0.29, 0.717) is 24.9 Å². The van der Waals surface area contributed by atoms with Gasteiger partial charge in [-0.05, 0) is 61.9 Å². The molecule has 2 aromatic carbocycles. The highest BCUT2D eigenvalue weighted by Crippen LogP contribution is 2.42. The molecule has 0 saturated heterocycles. The van der Waals surface area contributed by atoms with Crippen LogP contribution in [-0.2, 0) is 12.8 Å². The summed E-state index contributed by atoms with van der Waals surface area (Å²) in [5, 5.41) is 9.40. The lowest BCUT2D eigenvalue weighted by atomic mass is 9.83. The zero-order valence-electron chi connectivity index (χ0n) is 18.0. The summed E-state index contributed by atoms with van der Waals surface area (Å²) in [7, 11) is 0. The van der Waals surface area contributed by atoms with E-state index >= 15 is 0 Å². The quantitative estimate of drug-likeness (QED) is 0.576. The van der Waals surface area contributed by atoms with Gasteiger partial charge in [0.15, 0.2) is 17.5 Å².